The molecule has 1 aromatic heterocycles. The van der Waals surface area contributed by atoms with Gasteiger partial charge in [-0.1, -0.05) is 31.5 Å². The average molecular weight is 226 g/mol. The number of anilines is 1. The highest BCUT2D eigenvalue weighted by atomic mass is 15.0. The molecule has 88 valence electrons. The number of aromatic nitrogens is 1. The molecule has 17 heavy (non-hydrogen) atoms. The Morgan fingerprint density at radius 1 is 1.29 bits per heavy atom. The molecule has 1 heterocycles. The molecule has 1 saturated carbocycles. The molecule has 0 radical (unpaired) electrons. The van der Waals surface area contributed by atoms with Crippen LogP contribution in [0.5, 0.6) is 0 Å². The Bertz CT molecular complexity index is 516. The molecule has 2 nitrogen and oxygen atoms in total. The second-order valence-electron chi connectivity index (χ2n) is 4.91. The van der Waals surface area contributed by atoms with E-state index in [9.17, 15) is 0 Å². The third-order valence-corrected chi connectivity index (χ3v) is 3.57. The van der Waals surface area contributed by atoms with Crippen LogP contribution >= 0.6 is 0 Å². The first-order chi connectivity index (χ1) is 8.38. The molecule has 1 N–H and O–H groups in total. The highest BCUT2D eigenvalue weighted by molar-refractivity contribution is 5.91. The number of benzene rings is 1. The quantitative estimate of drug-likeness (QED) is 0.856. The number of hydrogen-bond acceptors (Lipinski definition) is 2. The maximum atomic E-state index is 4.38. The largest absolute Gasteiger partial charge is 0.381 e. The molecule has 2 unspecified atom stereocenters. The molecule has 0 saturated heterocycles. The lowest BCUT2D eigenvalue weighted by atomic mass is 10.2. The van der Waals surface area contributed by atoms with Crippen LogP contribution in [0.4, 0.5) is 5.69 Å². The highest BCUT2D eigenvalue weighted by Crippen LogP contribution is 2.38. The van der Waals surface area contributed by atoms with Gasteiger partial charge < -0.3 is 5.32 Å². The predicted octanol–water partition coefficient (Wildman–Crippen LogP) is 3.84. The smallest absolute Gasteiger partial charge is 0.0722 e. The van der Waals surface area contributed by atoms with E-state index in [1.165, 1.54) is 30.3 Å². The summed E-state index contributed by atoms with van der Waals surface area (Å²) in [6, 6.07) is 11.1. The Labute approximate surface area is 102 Å². The summed E-state index contributed by atoms with van der Waals surface area (Å²) in [5.74, 6) is 0.881. The van der Waals surface area contributed by atoms with Gasteiger partial charge in [-0.2, -0.15) is 0 Å². The Morgan fingerprint density at radius 3 is 3.06 bits per heavy atom. The Balaban J connectivity index is 1.82. The minimum atomic E-state index is 0.681. The number of para-hydroxylation sites is 1. The van der Waals surface area contributed by atoms with E-state index in [1.807, 2.05) is 12.3 Å². The van der Waals surface area contributed by atoms with E-state index in [-0.39, 0.29) is 0 Å². The van der Waals surface area contributed by atoms with Crippen LogP contribution in [-0.2, 0) is 0 Å². The van der Waals surface area contributed by atoms with Crippen molar-refractivity contribution in [1.82, 2.24) is 4.98 Å². The van der Waals surface area contributed by atoms with E-state index >= 15 is 0 Å². The number of rotatable bonds is 4. The zero-order chi connectivity index (χ0) is 11.7. The lowest BCUT2D eigenvalue weighted by molar-refractivity contribution is 0.693. The summed E-state index contributed by atoms with van der Waals surface area (Å²) in [6.45, 7) is 2.26. The lowest BCUT2D eigenvalue weighted by Gasteiger charge is -2.08. The first-order valence-corrected chi connectivity index (χ1v) is 6.49. The zero-order valence-corrected chi connectivity index (χ0v) is 10.2. The topological polar surface area (TPSA) is 24.9 Å². The molecule has 1 aliphatic carbocycles. The van der Waals surface area contributed by atoms with E-state index in [4.69, 9.17) is 0 Å². The SMILES string of the molecule is CCCC1CC1Nc1ccnc2ccccc12. The molecule has 3 rings (SSSR count). The van der Waals surface area contributed by atoms with E-state index in [0.717, 1.165) is 11.4 Å². The zero-order valence-electron chi connectivity index (χ0n) is 10.2. The molecule has 0 amide bonds. The van der Waals surface area contributed by atoms with Gasteiger partial charge >= 0.3 is 0 Å². The van der Waals surface area contributed by atoms with Gasteiger partial charge in [0, 0.05) is 23.3 Å². The average Bonchev–Trinajstić information content (AvgIpc) is 3.08. The van der Waals surface area contributed by atoms with E-state index in [1.54, 1.807) is 0 Å². The van der Waals surface area contributed by atoms with Gasteiger partial charge in [-0.25, -0.2) is 0 Å². The fourth-order valence-corrected chi connectivity index (χ4v) is 2.54. The van der Waals surface area contributed by atoms with E-state index < -0.39 is 0 Å². The van der Waals surface area contributed by atoms with Crippen molar-refractivity contribution in [2.75, 3.05) is 5.32 Å². The fraction of sp³-hybridized carbons (Fsp3) is 0.400. The van der Waals surface area contributed by atoms with Crippen molar-refractivity contribution in [3.05, 3.63) is 36.5 Å². The van der Waals surface area contributed by atoms with Crippen LogP contribution in [0.3, 0.4) is 0 Å². The Hall–Kier alpha value is -1.57. The first kappa shape index (κ1) is 10.6. The third-order valence-electron chi connectivity index (χ3n) is 3.57. The molecule has 1 fully saturated rings. The summed E-state index contributed by atoms with van der Waals surface area (Å²) < 4.78 is 0. The maximum Gasteiger partial charge on any atom is 0.0722 e. The van der Waals surface area contributed by atoms with Gasteiger partial charge in [-0.05, 0) is 30.9 Å². The normalized spacial score (nSPS) is 22.6. The summed E-state index contributed by atoms with van der Waals surface area (Å²) in [4.78, 5) is 4.38. The predicted molar refractivity (Wildman–Crippen MR) is 72.2 cm³/mol. The molecule has 2 aromatic rings. The van der Waals surface area contributed by atoms with E-state index in [0.29, 0.717) is 6.04 Å². The van der Waals surface area contributed by atoms with Gasteiger partial charge in [-0.15, -0.1) is 0 Å². The van der Waals surface area contributed by atoms with Gasteiger partial charge in [0.15, 0.2) is 0 Å². The molecular formula is C15H18N2. The van der Waals surface area contributed by atoms with Crippen molar-refractivity contribution in [1.29, 1.82) is 0 Å². The fourth-order valence-electron chi connectivity index (χ4n) is 2.54. The summed E-state index contributed by atoms with van der Waals surface area (Å²) in [5.41, 5.74) is 2.31. The lowest BCUT2D eigenvalue weighted by Crippen LogP contribution is -2.05. The molecule has 1 aromatic carbocycles. The van der Waals surface area contributed by atoms with Crippen LogP contribution in [0.1, 0.15) is 26.2 Å². The monoisotopic (exact) mass is 226 g/mol. The molecule has 0 spiro atoms. The summed E-state index contributed by atoms with van der Waals surface area (Å²) >= 11 is 0. The van der Waals surface area contributed by atoms with Crippen LogP contribution in [0.25, 0.3) is 10.9 Å². The van der Waals surface area contributed by atoms with Crippen LogP contribution in [0.2, 0.25) is 0 Å². The number of pyridine rings is 1. The van der Waals surface area contributed by atoms with Gasteiger partial charge in [0.2, 0.25) is 0 Å². The molecule has 0 aliphatic heterocycles. The molecule has 2 heteroatoms. The van der Waals surface area contributed by atoms with Crippen molar-refractivity contribution >= 4 is 16.6 Å². The summed E-state index contributed by atoms with van der Waals surface area (Å²) in [7, 11) is 0. The molecule has 1 aliphatic rings. The van der Waals surface area contributed by atoms with Crippen LogP contribution < -0.4 is 5.32 Å². The van der Waals surface area contributed by atoms with Crippen molar-refractivity contribution in [2.24, 2.45) is 5.92 Å². The second-order valence-corrected chi connectivity index (χ2v) is 4.91. The Morgan fingerprint density at radius 2 is 2.18 bits per heavy atom. The summed E-state index contributed by atoms with van der Waals surface area (Å²) in [6.07, 6.45) is 5.85. The minimum absolute atomic E-state index is 0.681. The minimum Gasteiger partial charge on any atom is -0.381 e. The Kier molecular flexibility index (Phi) is 2.71. The van der Waals surface area contributed by atoms with Crippen LogP contribution in [-0.4, -0.2) is 11.0 Å². The number of hydrogen-bond donors (Lipinski definition) is 1. The van der Waals surface area contributed by atoms with Gasteiger partial charge in [-0.3, -0.25) is 4.98 Å². The number of fused-ring (bicyclic) bond motifs is 1. The number of nitrogens with one attached hydrogen (secondary N) is 1. The molecule has 0 bridgehead atoms. The van der Waals surface area contributed by atoms with Crippen LogP contribution in [0.15, 0.2) is 36.5 Å². The van der Waals surface area contributed by atoms with Crippen molar-refractivity contribution < 1.29 is 0 Å². The van der Waals surface area contributed by atoms with Crippen LogP contribution in [0, 0.1) is 5.92 Å². The van der Waals surface area contributed by atoms with Gasteiger partial charge in [0.05, 0.1) is 5.52 Å². The highest BCUT2D eigenvalue weighted by Gasteiger charge is 2.35. The molecule has 2 atom stereocenters. The van der Waals surface area contributed by atoms with E-state index in [2.05, 4.69) is 41.5 Å². The van der Waals surface area contributed by atoms with Crippen molar-refractivity contribution in [2.45, 2.75) is 32.2 Å². The first-order valence-electron chi connectivity index (χ1n) is 6.49. The van der Waals surface area contributed by atoms with Crippen molar-refractivity contribution in [3.63, 3.8) is 0 Å². The maximum absolute atomic E-state index is 4.38. The van der Waals surface area contributed by atoms with Gasteiger partial charge in [0.1, 0.15) is 0 Å². The summed E-state index contributed by atoms with van der Waals surface area (Å²) in [5, 5.41) is 4.89. The number of nitrogens with zero attached hydrogens (tertiary/aromatic N) is 1. The molecular weight excluding hydrogens is 208 g/mol. The third kappa shape index (κ3) is 2.12. The second kappa shape index (κ2) is 4.36. The van der Waals surface area contributed by atoms with Crippen molar-refractivity contribution in [3.8, 4) is 0 Å². The van der Waals surface area contributed by atoms with Gasteiger partial charge in [0.25, 0.3) is 0 Å². The standard InChI is InChI=1S/C15H18N2/c1-2-5-11-10-15(11)17-14-8-9-16-13-7-4-3-6-12(13)14/h3-4,6-9,11,15H,2,5,10H2,1H3,(H,16,17).